The van der Waals surface area contributed by atoms with Crippen LogP contribution in [-0.4, -0.2) is 62.3 Å². The number of amides is 1. The Kier molecular flexibility index (Phi) is 10.1. The van der Waals surface area contributed by atoms with Gasteiger partial charge in [0, 0.05) is 43.3 Å². The molecule has 10 nitrogen and oxygen atoms in total. The first-order valence-corrected chi connectivity index (χ1v) is 18.7. The fraction of sp³-hybridized carbons (Fsp3) is 0.359. The van der Waals surface area contributed by atoms with Crippen LogP contribution in [-0.2, 0) is 37.4 Å². The molecule has 4 atom stereocenters. The van der Waals surface area contributed by atoms with E-state index in [2.05, 4.69) is 38.9 Å². The molecule has 1 spiro atoms. The lowest BCUT2D eigenvalue weighted by atomic mass is 9.84. The number of rotatable bonds is 10. The normalized spacial score (nSPS) is 24.0. The van der Waals surface area contributed by atoms with E-state index in [4.69, 9.17) is 9.47 Å². The molecule has 11 heteroatoms. The van der Waals surface area contributed by atoms with E-state index in [1.165, 1.54) is 0 Å². The minimum atomic E-state index is -3.63. The number of carbonyl (C=O) groups excluding carboxylic acids is 1. The summed E-state index contributed by atoms with van der Waals surface area (Å²) in [6.07, 6.45) is 0.380. The van der Waals surface area contributed by atoms with Crippen LogP contribution in [0.2, 0.25) is 0 Å². The van der Waals surface area contributed by atoms with Crippen molar-refractivity contribution in [3.63, 3.8) is 0 Å². The van der Waals surface area contributed by atoms with E-state index >= 15 is 0 Å². The van der Waals surface area contributed by atoms with Crippen LogP contribution in [0.25, 0.3) is 0 Å². The van der Waals surface area contributed by atoms with Crippen molar-refractivity contribution in [1.82, 2.24) is 14.9 Å². The summed E-state index contributed by atoms with van der Waals surface area (Å²) in [7, 11) is -3.63. The zero-order valence-corrected chi connectivity index (χ0v) is 29.0. The van der Waals surface area contributed by atoms with E-state index in [0.29, 0.717) is 13.2 Å². The van der Waals surface area contributed by atoms with E-state index in [1.54, 1.807) is 30.3 Å². The molecule has 0 radical (unpaired) electrons. The summed E-state index contributed by atoms with van der Waals surface area (Å²) in [5.74, 6) is 0.115. The second-order valence-electron chi connectivity index (χ2n) is 13.5. The number of nitrogens with one attached hydrogen (secondary N) is 2. The Hall–Kier alpha value is -4.10. The molecular formula is C39H44N4O6S. The molecule has 3 saturated heterocycles. The molecule has 3 aliphatic rings. The zero-order chi connectivity index (χ0) is 34.7. The summed E-state index contributed by atoms with van der Waals surface area (Å²) < 4.78 is 41.5. The van der Waals surface area contributed by atoms with Gasteiger partial charge in [-0.25, -0.2) is 13.1 Å². The van der Waals surface area contributed by atoms with E-state index in [9.17, 15) is 18.3 Å². The first-order valence-electron chi connectivity index (χ1n) is 17.2. The van der Waals surface area contributed by atoms with Gasteiger partial charge in [0.1, 0.15) is 5.54 Å². The first kappa shape index (κ1) is 34.4. The van der Waals surface area contributed by atoms with Gasteiger partial charge < -0.3 is 29.7 Å². The molecule has 0 bridgehead atoms. The Morgan fingerprint density at radius 3 is 2.12 bits per heavy atom. The Morgan fingerprint density at radius 1 is 0.840 bits per heavy atom. The van der Waals surface area contributed by atoms with Crippen molar-refractivity contribution in [3.8, 4) is 0 Å². The zero-order valence-electron chi connectivity index (χ0n) is 28.1. The van der Waals surface area contributed by atoms with E-state index in [1.807, 2.05) is 66.7 Å². The number of anilines is 1. The largest absolute Gasteiger partial charge is 0.392 e. The van der Waals surface area contributed by atoms with Crippen LogP contribution in [0.1, 0.15) is 54.4 Å². The lowest BCUT2D eigenvalue weighted by Crippen LogP contribution is -2.57. The molecule has 0 aliphatic carbocycles. The highest BCUT2D eigenvalue weighted by molar-refractivity contribution is 7.89. The van der Waals surface area contributed by atoms with E-state index in [-0.39, 0.29) is 42.1 Å². The Morgan fingerprint density at radius 2 is 1.46 bits per heavy atom. The Labute approximate surface area is 294 Å². The highest BCUT2D eigenvalue weighted by Gasteiger charge is 2.51. The molecule has 3 aliphatic heterocycles. The number of ether oxygens (including phenoxy) is 2. The van der Waals surface area contributed by atoms with Crippen LogP contribution in [0.15, 0.2) is 114 Å². The average molecular weight is 697 g/mol. The van der Waals surface area contributed by atoms with Crippen molar-refractivity contribution in [3.05, 3.63) is 131 Å². The number of carbonyl (C=O) groups is 1. The van der Waals surface area contributed by atoms with Gasteiger partial charge in [0.2, 0.25) is 15.9 Å². The van der Waals surface area contributed by atoms with Crippen LogP contribution >= 0.6 is 0 Å². The van der Waals surface area contributed by atoms with E-state index < -0.39 is 21.9 Å². The molecule has 7 rings (SSSR count). The molecule has 4 aromatic rings. The fourth-order valence-corrected chi connectivity index (χ4v) is 8.41. The fourth-order valence-electron chi connectivity index (χ4n) is 7.37. The molecule has 3 fully saturated rings. The van der Waals surface area contributed by atoms with Crippen LogP contribution in [0.4, 0.5) is 5.69 Å². The molecule has 1 amide bonds. The van der Waals surface area contributed by atoms with Crippen LogP contribution in [0.5, 0.6) is 0 Å². The van der Waals surface area contributed by atoms with Gasteiger partial charge in [-0.1, -0.05) is 91.9 Å². The number of piperidine rings is 1. The molecule has 0 saturated carbocycles. The molecule has 4 unspecified atom stereocenters. The number of nitrogens with zero attached hydrogens (tertiary/aromatic N) is 2. The van der Waals surface area contributed by atoms with Gasteiger partial charge in [0.05, 0.1) is 30.4 Å². The maximum atomic E-state index is 13.2. The monoisotopic (exact) mass is 696 g/mol. The summed E-state index contributed by atoms with van der Waals surface area (Å²) >= 11 is 0. The minimum absolute atomic E-state index is 0.0179. The van der Waals surface area contributed by atoms with Crippen LogP contribution in [0, 0.1) is 5.92 Å². The number of aliphatic hydroxyl groups is 1. The van der Waals surface area contributed by atoms with Crippen molar-refractivity contribution < 1.29 is 27.8 Å². The van der Waals surface area contributed by atoms with Gasteiger partial charge in [-0.2, -0.15) is 0 Å². The third-order valence-electron chi connectivity index (χ3n) is 10.4. The van der Waals surface area contributed by atoms with Gasteiger partial charge in [-0.3, -0.25) is 4.79 Å². The summed E-state index contributed by atoms with van der Waals surface area (Å²) in [5, 5.41) is 12.7. The molecule has 0 aromatic heterocycles. The number of hydrogen-bond donors (Lipinski definition) is 3. The topological polar surface area (TPSA) is 120 Å². The second-order valence-corrected chi connectivity index (χ2v) is 15.2. The molecular weight excluding hydrogens is 653 g/mol. The van der Waals surface area contributed by atoms with Gasteiger partial charge >= 0.3 is 0 Å². The number of sulfonamides is 1. The number of aliphatic hydroxyl groups excluding tert-OH is 1. The first-order chi connectivity index (χ1) is 24.3. The molecule has 3 N–H and O–H groups in total. The van der Waals surface area contributed by atoms with Gasteiger partial charge in [-0.15, -0.1) is 0 Å². The van der Waals surface area contributed by atoms with Crippen LogP contribution < -0.4 is 14.9 Å². The van der Waals surface area contributed by atoms with Gasteiger partial charge in [0.15, 0.2) is 6.29 Å². The average Bonchev–Trinajstić information content (AvgIpc) is 3.47. The number of hydrogen-bond acceptors (Lipinski definition) is 8. The second kappa shape index (κ2) is 14.6. The lowest BCUT2D eigenvalue weighted by Gasteiger charge is -2.46. The Balaban J connectivity index is 1.06. The third-order valence-corrected chi connectivity index (χ3v) is 11.8. The lowest BCUT2D eigenvalue weighted by molar-refractivity contribution is -0.276. The smallest absolute Gasteiger partial charge is 0.247 e. The summed E-state index contributed by atoms with van der Waals surface area (Å²) in [6, 6.07) is 34.0. The maximum absolute atomic E-state index is 13.2. The third kappa shape index (κ3) is 7.07. The van der Waals surface area contributed by atoms with Crippen molar-refractivity contribution in [2.45, 2.75) is 61.8 Å². The molecule has 3 heterocycles. The van der Waals surface area contributed by atoms with Crippen molar-refractivity contribution >= 4 is 21.6 Å². The standard InChI is InChI=1S/C39H44N4O6S/c1-28-35(25-42-22-20-39(21-23-42)38(45)40-27-43(39)33-8-4-2-5-9-33)48-37(49-36(28)31-16-14-30(26-44)15-17-31)32-18-12-29(13-19-32)24-41-50(46,47)34-10-6-3-7-11-34/h2-19,28,35-37,41,44H,20-27H2,1H3,(H,40,45). The molecule has 4 aromatic carbocycles. The Bertz CT molecular complexity index is 1850. The highest BCUT2D eigenvalue weighted by Crippen LogP contribution is 2.43. The SMILES string of the molecule is CC1C(CN2CCC3(CC2)C(=O)NCN3c2ccccc2)OC(c2ccc(CNS(=O)(=O)c3ccccc3)cc2)OC1c1ccc(CO)cc1. The maximum Gasteiger partial charge on any atom is 0.247 e. The number of likely N-dealkylation sites (tertiary alicyclic amines) is 1. The predicted octanol–water partition coefficient (Wildman–Crippen LogP) is 4.88. The van der Waals surface area contributed by atoms with Crippen molar-refractivity contribution in [2.24, 2.45) is 5.92 Å². The summed E-state index contributed by atoms with van der Waals surface area (Å²) in [5.41, 5.74) is 4.00. The highest BCUT2D eigenvalue weighted by atomic mass is 32.2. The number of benzene rings is 4. The van der Waals surface area contributed by atoms with Crippen molar-refractivity contribution in [2.75, 3.05) is 31.2 Å². The van der Waals surface area contributed by atoms with Crippen LogP contribution in [0.3, 0.4) is 0 Å². The minimum Gasteiger partial charge on any atom is -0.392 e. The number of para-hydroxylation sites is 1. The molecule has 262 valence electrons. The summed E-state index contributed by atoms with van der Waals surface area (Å²) in [4.78, 5) is 18.1. The quantitative estimate of drug-likeness (QED) is 0.215. The summed E-state index contributed by atoms with van der Waals surface area (Å²) in [6.45, 7) is 5.00. The molecule has 50 heavy (non-hydrogen) atoms. The van der Waals surface area contributed by atoms with Crippen molar-refractivity contribution in [1.29, 1.82) is 0 Å². The van der Waals surface area contributed by atoms with Gasteiger partial charge in [-0.05, 0) is 53.8 Å². The predicted molar refractivity (Wildman–Crippen MR) is 190 cm³/mol. The van der Waals surface area contributed by atoms with Gasteiger partial charge in [0.25, 0.3) is 0 Å². The van der Waals surface area contributed by atoms with E-state index in [0.717, 1.165) is 53.9 Å².